The van der Waals surface area contributed by atoms with E-state index in [0.717, 1.165) is 11.1 Å². The Kier molecular flexibility index (Phi) is 25.4. The van der Waals surface area contributed by atoms with Gasteiger partial charge in [0.05, 0.1) is 13.1 Å². The zero-order valence-electron chi connectivity index (χ0n) is 27.7. The second kappa shape index (κ2) is 27.2. The van der Waals surface area contributed by atoms with Gasteiger partial charge in [0, 0.05) is 12.1 Å². The first-order chi connectivity index (χ1) is 21.9. The predicted molar refractivity (Wildman–Crippen MR) is 182 cm³/mol. The lowest BCUT2D eigenvalue weighted by Gasteiger charge is -2.14. The summed E-state index contributed by atoms with van der Waals surface area (Å²) in [5, 5.41) is 9.66. The molecule has 0 heterocycles. The second-order valence-corrected chi connectivity index (χ2v) is 9.64. The van der Waals surface area contributed by atoms with Crippen LogP contribution in [0.4, 0.5) is 0 Å². The van der Waals surface area contributed by atoms with Gasteiger partial charge < -0.3 is 27.0 Å². The lowest BCUT2D eigenvalue weighted by molar-refractivity contribution is -0.138. The van der Waals surface area contributed by atoms with Gasteiger partial charge in [0.1, 0.15) is 6.04 Å². The summed E-state index contributed by atoms with van der Waals surface area (Å²) in [5.74, 6) is -3.34. The summed E-state index contributed by atoms with van der Waals surface area (Å²) < 4.78 is 0. The number of benzene rings is 2. The highest BCUT2D eigenvalue weighted by Gasteiger charge is 2.19. The average Bonchev–Trinajstić information content (AvgIpc) is 3.02. The number of nitrogens with two attached hydrogens (primary N) is 1. The molecule has 0 aliphatic heterocycles. The van der Waals surface area contributed by atoms with E-state index in [9.17, 15) is 24.0 Å². The summed E-state index contributed by atoms with van der Waals surface area (Å²) in [6, 6.07) is 16.8. The van der Waals surface area contributed by atoms with Crippen LogP contribution >= 0.6 is 0 Å². The van der Waals surface area contributed by atoms with E-state index in [-0.39, 0.29) is 19.5 Å². The van der Waals surface area contributed by atoms with Gasteiger partial charge >= 0.3 is 0 Å². The highest BCUT2D eigenvalue weighted by Crippen LogP contribution is 2.03. The molecule has 0 spiro atoms. The minimum atomic E-state index is -0.976. The van der Waals surface area contributed by atoms with Crippen LogP contribution in [0.2, 0.25) is 0 Å². The third kappa shape index (κ3) is 22.3. The fourth-order valence-electron chi connectivity index (χ4n) is 3.17. The van der Waals surface area contributed by atoms with Crippen molar-refractivity contribution in [3.05, 3.63) is 108 Å². The molecule has 46 heavy (non-hydrogen) atoms. The van der Waals surface area contributed by atoms with E-state index in [4.69, 9.17) is 4.79 Å². The average molecular weight is 636 g/mol. The first kappa shape index (κ1) is 42.8. The van der Waals surface area contributed by atoms with E-state index in [0.29, 0.717) is 5.57 Å². The lowest BCUT2D eigenvalue weighted by Crippen LogP contribution is -2.49. The Bertz CT molecular complexity index is 1310. The van der Waals surface area contributed by atoms with Crippen LogP contribution in [-0.2, 0) is 35.3 Å². The van der Waals surface area contributed by atoms with Crippen LogP contribution in [0.1, 0.15) is 50.8 Å². The van der Waals surface area contributed by atoms with Gasteiger partial charge in [-0.25, -0.2) is 0 Å². The molecule has 0 aromatic heterocycles. The second-order valence-electron chi connectivity index (χ2n) is 9.64. The number of carbonyl (C=O) groups is 6. The number of rotatable bonds is 12. The number of hydrogen-bond donors (Lipinski definition) is 5. The third-order valence-electron chi connectivity index (χ3n) is 5.24. The summed E-state index contributed by atoms with van der Waals surface area (Å²) in [7, 11) is 0. The maximum atomic E-state index is 12.1. The van der Waals surface area contributed by atoms with Gasteiger partial charge in [-0.05, 0) is 33.3 Å². The molecule has 0 aliphatic rings. The van der Waals surface area contributed by atoms with Crippen LogP contribution in [0.15, 0.2) is 91.1 Å². The monoisotopic (exact) mass is 635 g/mol. The molecule has 0 aliphatic carbocycles. The summed E-state index contributed by atoms with van der Waals surface area (Å²) in [5.41, 5.74) is 7.69. The van der Waals surface area contributed by atoms with Crippen molar-refractivity contribution in [2.24, 2.45) is 5.73 Å². The first-order valence-corrected chi connectivity index (χ1v) is 14.7. The van der Waals surface area contributed by atoms with Crippen LogP contribution in [-0.4, -0.2) is 55.0 Å². The Labute approximate surface area is 272 Å². The van der Waals surface area contributed by atoms with Crippen molar-refractivity contribution in [2.45, 2.75) is 60.5 Å². The molecular weight excluding hydrogens is 586 g/mol. The summed E-state index contributed by atoms with van der Waals surface area (Å²) in [4.78, 5) is 68.6. The SMILES string of the molecule is C=C/C=C(\C=C/C)C(=O)NCC(=O)NC(C)C(=O)NCC(=O)C(=O)NCc1cccc(C)c1.CCC.Cc1ccccc1.NC=O. The van der Waals surface area contributed by atoms with E-state index in [2.05, 4.69) is 66.5 Å². The molecule has 0 fully saturated rings. The lowest BCUT2D eigenvalue weighted by atomic mass is 10.1. The van der Waals surface area contributed by atoms with Gasteiger partial charge in [0.15, 0.2) is 0 Å². The standard InChI is InChI=1S/C24H30N4O5.C7H8.C3H8.CH3NO/c1-5-8-19(9-6-2)23(32)27-15-21(30)28-17(4)22(31)26-14-20(29)24(33)25-13-18-11-7-10-16(3)12-18;1-7-5-3-2-4-6-7;1-3-2;2-1-3/h5-12,17H,1,13-15H2,2-4H3,(H,25,33)(H,26,31)(H,27,32)(H,28,30);2-6H,1H3;3H2,1-2H3;1H,(H2,2,3)/b9-6-,19-8+;;;. The maximum Gasteiger partial charge on any atom is 0.289 e. The first-order valence-electron chi connectivity index (χ1n) is 14.7. The predicted octanol–water partition coefficient (Wildman–Crippen LogP) is 3.12. The zero-order valence-corrected chi connectivity index (χ0v) is 27.7. The van der Waals surface area contributed by atoms with Crippen LogP contribution in [0, 0.1) is 13.8 Å². The number of aryl methyl sites for hydroxylation is 2. The van der Waals surface area contributed by atoms with Gasteiger partial charge in [-0.1, -0.05) is 117 Å². The number of primary amides is 1. The molecule has 2 aromatic carbocycles. The molecule has 11 nitrogen and oxygen atoms in total. The molecule has 11 heteroatoms. The summed E-state index contributed by atoms with van der Waals surface area (Å²) >= 11 is 0. The Morgan fingerprint density at radius 1 is 0.870 bits per heavy atom. The largest absolute Gasteiger partial charge is 0.372 e. The summed E-state index contributed by atoms with van der Waals surface area (Å²) in [6.45, 7) is 14.3. The number of allylic oxidation sites excluding steroid dienone is 3. The van der Waals surface area contributed by atoms with Crippen molar-refractivity contribution in [3.8, 4) is 0 Å². The van der Waals surface area contributed by atoms with Crippen molar-refractivity contribution in [1.82, 2.24) is 21.3 Å². The molecule has 1 atom stereocenters. The van der Waals surface area contributed by atoms with Crippen molar-refractivity contribution >= 4 is 35.8 Å². The normalized spacial score (nSPS) is 10.5. The molecule has 0 bridgehead atoms. The van der Waals surface area contributed by atoms with Crippen molar-refractivity contribution in [2.75, 3.05) is 13.1 Å². The van der Waals surface area contributed by atoms with Gasteiger partial charge in [0.2, 0.25) is 24.0 Å². The van der Waals surface area contributed by atoms with E-state index in [1.807, 2.05) is 49.4 Å². The van der Waals surface area contributed by atoms with E-state index >= 15 is 0 Å². The van der Waals surface area contributed by atoms with Crippen LogP contribution < -0.4 is 27.0 Å². The minimum Gasteiger partial charge on any atom is -0.372 e. The maximum absolute atomic E-state index is 12.1. The number of ketones is 1. The van der Waals surface area contributed by atoms with Crippen molar-refractivity contribution in [1.29, 1.82) is 0 Å². The Morgan fingerprint density at radius 2 is 1.46 bits per heavy atom. The molecule has 0 saturated heterocycles. The van der Waals surface area contributed by atoms with Crippen LogP contribution in [0.5, 0.6) is 0 Å². The van der Waals surface area contributed by atoms with Gasteiger partial charge in [0.25, 0.3) is 11.8 Å². The quantitative estimate of drug-likeness (QED) is 0.104. The Hall–Kier alpha value is -5.32. The highest BCUT2D eigenvalue weighted by atomic mass is 16.2. The molecule has 1 unspecified atom stereocenters. The minimum absolute atomic E-state index is 0.191. The van der Waals surface area contributed by atoms with Crippen molar-refractivity contribution < 1.29 is 28.8 Å². The molecule has 6 N–H and O–H groups in total. The molecule has 0 radical (unpaired) electrons. The number of nitrogens with one attached hydrogen (secondary N) is 4. The van der Waals surface area contributed by atoms with Gasteiger partial charge in [-0.2, -0.15) is 0 Å². The molecular formula is C35H49N5O6. The zero-order chi connectivity index (χ0) is 35.3. The topological polar surface area (TPSA) is 177 Å². The molecule has 250 valence electrons. The smallest absolute Gasteiger partial charge is 0.289 e. The van der Waals surface area contributed by atoms with Gasteiger partial charge in [-0.3, -0.25) is 28.8 Å². The third-order valence-corrected chi connectivity index (χ3v) is 5.24. The number of Topliss-reactive ketones (excluding diaryl/α,β-unsaturated/α-hetero) is 1. The number of carbonyl (C=O) groups excluding carboxylic acids is 6. The van der Waals surface area contributed by atoms with E-state index < -0.39 is 42.0 Å². The van der Waals surface area contributed by atoms with Gasteiger partial charge in [-0.15, -0.1) is 0 Å². The van der Waals surface area contributed by atoms with Crippen molar-refractivity contribution in [3.63, 3.8) is 0 Å². The fourth-order valence-corrected chi connectivity index (χ4v) is 3.17. The molecule has 0 saturated carbocycles. The summed E-state index contributed by atoms with van der Waals surface area (Å²) in [6.07, 6.45) is 7.69. The number of amides is 5. The van der Waals surface area contributed by atoms with E-state index in [1.54, 1.807) is 19.1 Å². The Morgan fingerprint density at radius 3 is 1.96 bits per heavy atom. The molecule has 2 aromatic rings. The Balaban J connectivity index is 0. The van der Waals surface area contributed by atoms with Crippen LogP contribution in [0.25, 0.3) is 0 Å². The molecule has 5 amide bonds. The number of hydrogen-bond acceptors (Lipinski definition) is 6. The molecule has 2 rings (SSSR count). The highest BCUT2D eigenvalue weighted by molar-refractivity contribution is 6.37. The fraction of sp³-hybridized carbons (Fsp3) is 0.314. The van der Waals surface area contributed by atoms with E-state index in [1.165, 1.54) is 31.1 Å². The van der Waals surface area contributed by atoms with Crippen LogP contribution in [0.3, 0.4) is 0 Å².